The molecule has 0 unspecified atom stereocenters. The highest BCUT2D eigenvalue weighted by atomic mass is 32.2. The number of nitrogens with one attached hydrogen (secondary N) is 1. The van der Waals surface area contributed by atoms with E-state index in [1.807, 2.05) is 37.3 Å². The number of aryl methyl sites for hydroxylation is 1. The van der Waals surface area contributed by atoms with Crippen molar-refractivity contribution in [3.8, 4) is 0 Å². The molecule has 0 saturated carbocycles. The Kier molecular flexibility index (Phi) is 9.24. The SMILES string of the molecule is CCCNC(=O)[C@@H](C)N(Cc1ccccc1)C(=O)CCc1ccc(S(=O)(=O)N2CCCC2)cc1. The third-order valence-corrected chi connectivity index (χ3v) is 8.08. The first-order chi connectivity index (χ1) is 16.3. The van der Waals surface area contributed by atoms with Gasteiger partial charge in [0.2, 0.25) is 21.8 Å². The van der Waals surface area contributed by atoms with E-state index in [1.54, 1.807) is 36.1 Å². The van der Waals surface area contributed by atoms with Crippen LogP contribution in [0.4, 0.5) is 0 Å². The Morgan fingerprint density at radius 1 is 1.00 bits per heavy atom. The molecule has 1 atom stereocenters. The number of benzene rings is 2. The second kappa shape index (κ2) is 12.1. The van der Waals surface area contributed by atoms with E-state index in [2.05, 4.69) is 5.32 Å². The molecule has 0 aromatic heterocycles. The number of carbonyl (C=O) groups excluding carboxylic acids is 2. The molecule has 3 rings (SSSR count). The predicted molar refractivity (Wildman–Crippen MR) is 133 cm³/mol. The van der Waals surface area contributed by atoms with Crippen LogP contribution in [-0.2, 0) is 32.6 Å². The molecule has 1 N–H and O–H groups in total. The van der Waals surface area contributed by atoms with Gasteiger partial charge in [-0.15, -0.1) is 0 Å². The van der Waals surface area contributed by atoms with Gasteiger partial charge >= 0.3 is 0 Å². The number of hydrogen-bond acceptors (Lipinski definition) is 4. The quantitative estimate of drug-likeness (QED) is 0.529. The van der Waals surface area contributed by atoms with Gasteiger partial charge in [0.05, 0.1) is 4.90 Å². The number of amides is 2. The molecule has 2 aromatic rings. The van der Waals surface area contributed by atoms with Crippen LogP contribution in [0.1, 0.15) is 50.7 Å². The van der Waals surface area contributed by atoms with Crippen LogP contribution in [0.5, 0.6) is 0 Å². The highest BCUT2D eigenvalue weighted by Gasteiger charge is 2.28. The zero-order chi connectivity index (χ0) is 24.6. The minimum atomic E-state index is -3.45. The van der Waals surface area contributed by atoms with Crippen molar-refractivity contribution in [2.45, 2.75) is 63.4 Å². The lowest BCUT2D eigenvalue weighted by Gasteiger charge is -2.29. The van der Waals surface area contributed by atoms with E-state index in [4.69, 9.17) is 0 Å². The van der Waals surface area contributed by atoms with Crippen LogP contribution in [0.15, 0.2) is 59.5 Å². The van der Waals surface area contributed by atoms with Gasteiger partial charge < -0.3 is 10.2 Å². The minimum Gasteiger partial charge on any atom is -0.354 e. The van der Waals surface area contributed by atoms with Crippen molar-refractivity contribution in [2.75, 3.05) is 19.6 Å². The zero-order valence-corrected chi connectivity index (χ0v) is 20.9. The lowest BCUT2D eigenvalue weighted by atomic mass is 10.1. The van der Waals surface area contributed by atoms with Crippen LogP contribution in [0.2, 0.25) is 0 Å². The van der Waals surface area contributed by atoms with E-state index in [0.29, 0.717) is 32.6 Å². The largest absolute Gasteiger partial charge is 0.354 e. The van der Waals surface area contributed by atoms with Crippen LogP contribution in [0.25, 0.3) is 0 Å². The summed E-state index contributed by atoms with van der Waals surface area (Å²) in [6, 6.07) is 15.8. The third-order valence-electron chi connectivity index (χ3n) is 6.17. The van der Waals surface area contributed by atoms with Crippen LogP contribution in [-0.4, -0.2) is 55.1 Å². The molecule has 184 valence electrons. The van der Waals surface area contributed by atoms with E-state index in [1.165, 1.54) is 4.31 Å². The van der Waals surface area contributed by atoms with Crippen molar-refractivity contribution in [1.82, 2.24) is 14.5 Å². The van der Waals surface area contributed by atoms with Gasteiger partial charge in [0.15, 0.2) is 0 Å². The van der Waals surface area contributed by atoms with Gasteiger partial charge in [0, 0.05) is 32.6 Å². The molecule has 7 nitrogen and oxygen atoms in total. The molecule has 2 aromatic carbocycles. The van der Waals surface area contributed by atoms with E-state index >= 15 is 0 Å². The maximum absolute atomic E-state index is 13.2. The summed E-state index contributed by atoms with van der Waals surface area (Å²) in [4.78, 5) is 27.7. The van der Waals surface area contributed by atoms with Gasteiger partial charge in [-0.2, -0.15) is 4.31 Å². The van der Waals surface area contributed by atoms with Crippen molar-refractivity contribution in [3.05, 3.63) is 65.7 Å². The molecular weight excluding hydrogens is 450 g/mol. The molecule has 1 aliphatic rings. The van der Waals surface area contributed by atoms with E-state index in [9.17, 15) is 18.0 Å². The molecule has 2 amide bonds. The summed E-state index contributed by atoms with van der Waals surface area (Å²) >= 11 is 0. The molecule has 34 heavy (non-hydrogen) atoms. The molecule has 1 aliphatic heterocycles. The molecule has 0 radical (unpaired) electrons. The monoisotopic (exact) mass is 485 g/mol. The van der Waals surface area contributed by atoms with Gasteiger partial charge in [-0.1, -0.05) is 49.4 Å². The van der Waals surface area contributed by atoms with Crippen LogP contribution < -0.4 is 5.32 Å². The summed E-state index contributed by atoms with van der Waals surface area (Å²) in [7, 11) is -3.45. The Morgan fingerprint density at radius 3 is 2.26 bits per heavy atom. The van der Waals surface area contributed by atoms with Crippen molar-refractivity contribution in [3.63, 3.8) is 0 Å². The van der Waals surface area contributed by atoms with Crippen LogP contribution in [0.3, 0.4) is 0 Å². The third kappa shape index (κ3) is 6.67. The normalized spacial score (nSPS) is 15.1. The highest BCUT2D eigenvalue weighted by molar-refractivity contribution is 7.89. The zero-order valence-electron chi connectivity index (χ0n) is 20.1. The Balaban J connectivity index is 1.66. The molecule has 1 saturated heterocycles. The minimum absolute atomic E-state index is 0.114. The summed E-state index contributed by atoms with van der Waals surface area (Å²) < 4.78 is 27.0. The second-order valence-electron chi connectivity index (χ2n) is 8.73. The van der Waals surface area contributed by atoms with E-state index < -0.39 is 16.1 Å². The lowest BCUT2D eigenvalue weighted by Crippen LogP contribution is -2.47. The first-order valence-electron chi connectivity index (χ1n) is 12.0. The fourth-order valence-electron chi connectivity index (χ4n) is 4.06. The molecule has 0 aliphatic carbocycles. The smallest absolute Gasteiger partial charge is 0.243 e. The number of sulfonamides is 1. The average Bonchev–Trinajstić information content (AvgIpc) is 3.41. The standard InChI is InChI=1S/C26H35N3O4S/c1-3-17-27-26(31)21(2)29(20-23-9-5-4-6-10-23)25(30)16-13-22-11-14-24(15-12-22)34(32,33)28-18-7-8-19-28/h4-6,9-12,14-15,21H,3,7-8,13,16-20H2,1-2H3,(H,27,31)/t21-/m1/s1. The number of nitrogens with zero attached hydrogens (tertiary/aromatic N) is 2. The molecular formula is C26H35N3O4S. The first-order valence-corrected chi connectivity index (χ1v) is 13.5. The fraction of sp³-hybridized carbons (Fsp3) is 0.462. The van der Waals surface area contributed by atoms with Crippen molar-refractivity contribution in [1.29, 1.82) is 0 Å². The maximum atomic E-state index is 13.2. The average molecular weight is 486 g/mol. The summed E-state index contributed by atoms with van der Waals surface area (Å²) in [5.74, 6) is -0.278. The highest BCUT2D eigenvalue weighted by Crippen LogP contribution is 2.21. The lowest BCUT2D eigenvalue weighted by molar-refractivity contribution is -0.140. The van der Waals surface area contributed by atoms with Gasteiger partial charge in [-0.25, -0.2) is 8.42 Å². The number of rotatable bonds is 11. The van der Waals surface area contributed by atoms with Gasteiger partial charge in [-0.3, -0.25) is 9.59 Å². The molecule has 0 bridgehead atoms. The second-order valence-corrected chi connectivity index (χ2v) is 10.7. The van der Waals surface area contributed by atoms with Crippen LogP contribution in [0, 0.1) is 0 Å². The molecule has 1 fully saturated rings. The van der Waals surface area contributed by atoms with Crippen molar-refractivity contribution < 1.29 is 18.0 Å². The van der Waals surface area contributed by atoms with Crippen LogP contribution >= 0.6 is 0 Å². The van der Waals surface area contributed by atoms with E-state index in [-0.39, 0.29) is 23.1 Å². The Labute approximate surface area is 203 Å². The number of carbonyl (C=O) groups is 2. The summed E-state index contributed by atoms with van der Waals surface area (Å²) in [5, 5.41) is 2.88. The Morgan fingerprint density at radius 2 is 1.65 bits per heavy atom. The van der Waals surface area contributed by atoms with Gasteiger partial charge in [-0.05, 0) is 55.9 Å². The molecule has 1 heterocycles. The van der Waals surface area contributed by atoms with Crippen molar-refractivity contribution >= 4 is 21.8 Å². The number of hydrogen-bond donors (Lipinski definition) is 1. The van der Waals surface area contributed by atoms with E-state index in [0.717, 1.165) is 30.4 Å². The van der Waals surface area contributed by atoms with Gasteiger partial charge in [0.25, 0.3) is 0 Å². The maximum Gasteiger partial charge on any atom is 0.243 e. The Bertz CT molecular complexity index is 1050. The fourth-order valence-corrected chi connectivity index (χ4v) is 5.58. The first kappa shape index (κ1) is 25.9. The molecule has 8 heteroatoms. The topological polar surface area (TPSA) is 86.8 Å². The van der Waals surface area contributed by atoms with Crippen molar-refractivity contribution in [2.24, 2.45) is 0 Å². The summed E-state index contributed by atoms with van der Waals surface area (Å²) in [6.45, 7) is 5.81. The van der Waals surface area contributed by atoms with Gasteiger partial charge in [0.1, 0.15) is 6.04 Å². The molecule has 0 spiro atoms. The Hall–Kier alpha value is -2.71. The summed E-state index contributed by atoms with van der Waals surface area (Å²) in [5.41, 5.74) is 1.85. The predicted octanol–water partition coefficient (Wildman–Crippen LogP) is 3.35. The summed E-state index contributed by atoms with van der Waals surface area (Å²) in [6.07, 6.45) is 3.32.